The topological polar surface area (TPSA) is 43.4 Å². The van der Waals surface area contributed by atoms with Gasteiger partial charge in [-0.2, -0.15) is 0 Å². The summed E-state index contributed by atoms with van der Waals surface area (Å²) in [7, 11) is 0. The molecule has 0 bridgehead atoms. The van der Waals surface area contributed by atoms with Crippen molar-refractivity contribution in [3.63, 3.8) is 0 Å². The average Bonchev–Trinajstić information content (AvgIpc) is 2.85. The minimum Gasteiger partial charge on any atom is -0.476 e. The van der Waals surface area contributed by atoms with Gasteiger partial charge in [-0.1, -0.05) is 0 Å². The Morgan fingerprint density at radius 3 is 3.24 bits per heavy atom. The zero-order valence-corrected chi connectivity index (χ0v) is 10.5. The van der Waals surface area contributed by atoms with Gasteiger partial charge in [0.25, 0.3) is 0 Å². The maximum Gasteiger partial charge on any atom is 0.237 e. The van der Waals surface area contributed by atoms with Crippen molar-refractivity contribution in [3.05, 3.63) is 18.3 Å². The molecule has 1 N–H and O–H groups in total. The molecule has 0 aromatic carbocycles. The SMILES string of the molecule is CCOc1ncccc1NC(C)C1CCOC1. The summed E-state index contributed by atoms with van der Waals surface area (Å²) in [5.74, 6) is 1.26. The highest BCUT2D eigenvalue weighted by Gasteiger charge is 2.22. The van der Waals surface area contributed by atoms with Crippen LogP contribution in [-0.4, -0.2) is 30.8 Å². The molecule has 0 saturated carbocycles. The molecule has 94 valence electrons. The molecule has 2 unspecified atom stereocenters. The zero-order valence-electron chi connectivity index (χ0n) is 10.5. The normalized spacial score (nSPS) is 21.2. The second kappa shape index (κ2) is 5.87. The first-order chi connectivity index (χ1) is 8.31. The third-order valence-corrected chi connectivity index (χ3v) is 3.11. The van der Waals surface area contributed by atoms with Crippen LogP contribution >= 0.6 is 0 Å². The van der Waals surface area contributed by atoms with Crippen LogP contribution in [-0.2, 0) is 4.74 Å². The molecule has 2 heterocycles. The van der Waals surface area contributed by atoms with Crippen molar-refractivity contribution in [2.75, 3.05) is 25.1 Å². The van der Waals surface area contributed by atoms with E-state index in [4.69, 9.17) is 9.47 Å². The van der Waals surface area contributed by atoms with Crippen molar-refractivity contribution in [3.8, 4) is 5.88 Å². The van der Waals surface area contributed by atoms with Crippen LogP contribution in [0.25, 0.3) is 0 Å². The van der Waals surface area contributed by atoms with Gasteiger partial charge < -0.3 is 14.8 Å². The minimum absolute atomic E-state index is 0.376. The van der Waals surface area contributed by atoms with Crippen molar-refractivity contribution in [2.45, 2.75) is 26.3 Å². The largest absolute Gasteiger partial charge is 0.476 e. The second-order valence-electron chi connectivity index (χ2n) is 4.35. The van der Waals surface area contributed by atoms with E-state index in [1.165, 1.54) is 0 Å². The molecule has 1 aromatic heterocycles. The Morgan fingerprint density at radius 1 is 1.65 bits per heavy atom. The van der Waals surface area contributed by atoms with Crippen LogP contribution in [0.4, 0.5) is 5.69 Å². The van der Waals surface area contributed by atoms with E-state index in [0.717, 1.165) is 25.3 Å². The van der Waals surface area contributed by atoms with Crippen LogP contribution in [0.3, 0.4) is 0 Å². The van der Waals surface area contributed by atoms with E-state index in [1.54, 1.807) is 6.20 Å². The van der Waals surface area contributed by atoms with Gasteiger partial charge in [-0.05, 0) is 32.4 Å². The van der Waals surface area contributed by atoms with Gasteiger partial charge in [0.1, 0.15) is 0 Å². The van der Waals surface area contributed by atoms with Crippen molar-refractivity contribution >= 4 is 5.69 Å². The molecule has 1 aliphatic rings. The lowest BCUT2D eigenvalue weighted by atomic mass is 10.0. The maximum absolute atomic E-state index is 5.50. The standard InChI is InChI=1S/C13H20N2O2/c1-3-17-13-12(5-4-7-14-13)15-10(2)11-6-8-16-9-11/h4-5,7,10-11,15H,3,6,8-9H2,1-2H3. The predicted molar refractivity (Wildman–Crippen MR) is 67.4 cm³/mol. The zero-order chi connectivity index (χ0) is 12.1. The first-order valence-corrected chi connectivity index (χ1v) is 6.23. The summed E-state index contributed by atoms with van der Waals surface area (Å²) in [5.41, 5.74) is 0.966. The number of hydrogen-bond acceptors (Lipinski definition) is 4. The van der Waals surface area contributed by atoms with Crippen LogP contribution in [0.2, 0.25) is 0 Å². The lowest BCUT2D eigenvalue weighted by molar-refractivity contribution is 0.183. The van der Waals surface area contributed by atoms with E-state index in [1.807, 2.05) is 19.1 Å². The smallest absolute Gasteiger partial charge is 0.237 e. The van der Waals surface area contributed by atoms with E-state index in [0.29, 0.717) is 24.4 Å². The van der Waals surface area contributed by atoms with Gasteiger partial charge in [0.2, 0.25) is 5.88 Å². The van der Waals surface area contributed by atoms with Gasteiger partial charge in [0, 0.05) is 24.8 Å². The highest BCUT2D eigenvalue weighted by atomic mass is 16.5. The highest BCUT2D eigenvalue weighted by Crippen LogP contribution is 2.25. The number of ether oxygens (including phenoxy) is 2. The number of rotatable bonds is 5. The Balaban J connectivity index is 2.01. The van der Waals surface area contributed by atoms with Crippen LogP contribution in [0.5, 0.6) is 5.88 Å². The van der Waals surface area contributed by atoms with Gasteiger partial charge in [-0.15, -0.1) is 0 Å². The Hall–Kier alpha value is -1.29. The average molecular weight is 236 g/mol. The van der Waals surface area contributed by atoms with Crippen LogP contribution in [0.15, 0.2) is 18.3 Å². The summed E-state index contributed by atoms with van der Waals surface area (Å²) in [6, 6.07) is 4.30. The number of aromatic nitrogens is 1. The van der Waals surface area contributed by atoms with E-state index in [9.17, 15) is 0 Å². The van der Waals surface area contributed by atoms with Crippen LogP contribution in [0, 0.1) is 5.92 Å². The molecular weight excluding hydrogens is 216 g/mol. The Labute approximate surface area is 102 Å². The van der Waals surface area contributed by atoms with Crippen molar-refractivity contribution in [1.82, 2.24) is 4.98 Å². The van der Waals surface area contributed by atoms with Gasteiger partial charge in [-0.25, -0.2) is 4.98 Å². The first-order valence-electron chi connectivity index (χ1n) is 6.23. The molecule has 1 fully saturated rings. The molecule has 0 spiro atoms. The van der Waals surface area contributed by atoms with Gasteiger partial charge in [-0.3, -0.25) is 0 Å². The Kier molecular flexibility index (Phi) is 4.20. The first kappa shape index (κ1) is 12.2. The summed E-state index contributed by atoms with van der Waals surface area (Å²) < 4.78 is 10.9. The molecule has 1 aliphatic heterocycles. The maximum atomic E-state index is 5.50. The van der Waals surface area contributed by atoms with E-state index < -0.39 is 0 Å². The Morgan fingerprint density at radius 2 is 2.53 bits per heavy atom. The lowest BCUT2D eigenvalue weighted by Gasteiger charge is -2.21. The molecule has 17 heavy (non-hydrogen) atoms. The van der Waals surface area contributed by atoms with Crippen LogP contribution in [0.1, 0.15) is 20.3 Å². The molecule has 1 saturated heterocycles. The number of anilines is 1. The second-order valence-corrected chi connectivity index (χ2v) is 4.35. The monoisotopic (exact) mass is 236 g/mol. The van der Waals surface area contributed by atoms with Gasteiger partial charge in [0.15, 0.2) is 0 Å². The van der Waals surface area contributed by atoms with E-state index in [-0.39, 0.29) is 0 Å². The fourth-order valence-corrected chi connectivity index (χ4v) is 2.06. The molecule has 4 heteroatoms. The number of pyridine rings is 1. The predicted octanol–water partition coefficient (Wildman–Crippen LogP) is 2.32. The fraction of sp³-hybridized carbons (Fsp3) is 0.615. The molecule has 0 aliphatic carbocycles. The quantitative estimate of drug-likeness (QED) is 0.852. The summed E-state index contributed by atoms with van der Waals surface area (Å²) in [6.45, 7) is 6.50. The summed E-state index contributed by atoms with van der Waals surface area (Å²) in [6.07, 6.45) is 2.87. The summed E-state index contributed by atoms with van der Waals surface area (Å²) in [4.78, 5) is 4.23. The van der Waals surface area contributed by atoms with Crippen LogP contribution < -0.4 is 10.1 Å². The highest BCUT2D eigenvalue weighted by molar-refractivity contribution is 5.52. The molecular formula is C13H20N2O2. The third-order valence-electron chi connectivity index (χ3n) is 3.11. The number of nitrogens with one attached hydrogen (secondary N) is 1. The molecule has 4 nitrogen and oxygen atoms in total. The van der Waals surface area contributed by atoms with E-state index in [2.05, 4.69) is 17.2 Å². The van der Waals surface area contributed by atoms with Crippen molar-refractivity contribution in [1.29, 1.82) is 0 Å². The molecule has 2 rings (SSSR count). The molecule has 1 aromatic rings. The fourth-order valence-electron chi connectivity index (χ4n) is 2.06. The Bertz CT molecular complexity index is 351. The summed E-state index contributed by atoms with van der Waals surface area (Å²) in [5, 5.41) is 3.47. The van der Waals surface area contributed by atoms with Gasteiger partial charge >= 0.3 is 0 Å². The number of hydrogen-bond donors (Lipinski definition) is 1. The third kappa shape index (κ3) is 3.09. The van der Waals surface area contributed by atoms with E-state index >= 15 is 0 Å². The van der Waals surface area contributed by atoms with Crippen molar-refractivity contribution < 1.29 is 9.47 Å². The summed E-state index contributed by atoms with van der Waals surface area (Å²) >= 11 is 0. The minimum atomic E-state index is 0.376. The lowest BCUT2D eigenvalue weighted by Crippen LogP contribution is -2.26. The van der Waals surface area contributed by atoms with Gasteiger partial charge in [0.05, 0.1) is 18.9 Å². The molecule has 0 radical (unpaired) electrons. The molecule has 2 atom stereocenters. The molecule has 0 amide bonds. The number of nitrogens with zero attached hydrogens (tertiary/aromatic N) is 1. The van der Waals surface area contributed by atoms with Crippen molar-refractivity contribution in [2.24, 2.45) is 5.92 Å².